The van der Waals surface area contributed by atoms with E-state index in [-0.39, 0.29) is 23.3 Å². The van der Waals surface area contributed by atoms with E-state index >= 15 is 0 Å². The van der Waals surface area contributed by atoms with E-state index in [1.807, 2.05) is 48.5 Å². The molecule has 180 valence electrons. The molecule has 0 radical (unpaired) electrons. The fourth-order valence-corrected chi connectivity index (χ4v) is 4.29. The minimum atomic E-state index is -0.130. The van der Waals surface area contributed by atoms with Crippen molar-refractivity contribution in [3.8, 4) is 0 Å². The Morgan fingerprint density at radius 3 is 1.46 bits per heavy atom. The molecule has 2 aromatic carbocycles. The highest BCUT2D eigenvalue weighted by Gasteiger charge is 2.09. The lowest BCUT2D eigenvalue weighted by atomic mass is 10.0. The van der Waals surface area contributed by atoms with Crippen molar-refractivity contribution in [2.24, 2.45) is 14.1 Å². The molecule has 12 nitrogen and oxygen atoms in total. The lowest BCUT2D eigenvalue weighted by molar-refractivity contribution is -0.114. The zero-order chi connectivity index (χ0) is 24.6. The second kappa shape index (κ2) is 11.6. The largest absolute Gasteiger partial charge is 0.325 e. The molecule has 4 aromatic rings. The second-order valence-electron chi connectivity index (χ2n) is 7.41. The van der Waals surface area contributed by atoms with Gasteiger partial charge in [-0.25, -0.2) is 9.36 Å². The molecule has 0 bridgehead atoms. The molecule has 0 aliphatic rings. The van der Waals surface area contributed by atoms with Gasteiger partial charge in [-0.3, -0.25) is 9.59 Å². The van der Waals surface area contributed by atoms with E-state index in [1.165, 1.54) is 32.9 Å². The lowest BCUT2D eigenvalue weighted by Crippen LogP contribution is -2.14. The maximum atomic E-state index is 12.2. The number of hydrogen-bond donors (Lipinski definition) is 2. The summed E-state index contributed by atoms with van der Waals surface area (Å²) in [4.78, 5) is 24.3. The summed E-state index contributed by atoms with van der Waals surface area (Å²) in [5.74, 6) is 0.175. The van der Waals surface area contributed by atoms with E-state index in [9.17, 15) is 9.59 Å². The summed E-state index contributed by atoms with van der Waals surface area (Å²) in [6.45, 7) is 0. The van der Waals surface area contributed by atoms with E-state index in [0.29, 0.717) is 10.3 Å². The zero-order valence-electron chi connectivity index (χ0n) is 19.0. The number of anilines is 2. The predicted molar refractivity (Wildman–Crippen MR) is 132 cm³/mol. The van der Waals surface area contributed by atoms with Gasteiger partial charge in [-0.15, -0.1) is 10.2 Å². The molecule has 0 aliphatic carbocycles. The van der Waals surface area contributed by atoms with Crippen LogP contribution in [0.4, 0.5) is 11.4 Å². The average Bonchev–Trinajstić information content (AvgIpc) is 3.46. The van der Waals surface area contributed by atoms with Crippen molar-refractivity contribution in [3.05, 3.63) is 59.7 Å². The van der Waals surface area contributed by atoms with Crippen LogP contribution < -0.4 is 10.6 Å². The molecule has 0 atom stereocenters. The van der Waals surface area contributed by atoms with Crippen molar-refractivity contribution < 1.29 is 9.59 Å². The first-order valence-electron chi connectivity index (χ1n) is 10.4. The van der Waals surface area contributed by atoms with Crippen LogP contribution in [0.25, 0.3) is 0 Å². The minimum absolute atomic E-state index is 0.130. The van der Waals surface area contributed by atoms with Gasteiger partial charge in [-0.1, -0.05) is 47.8 Å². The van der Waals surface area contributed by atoms with Crippen molar-refractivity contribution in [1.29, 1.82) is 0 Å². The van der Waals surface area contributed by atoms with Crippen LogP contribution >= 0.6 is 23.5 Å². The van der Waals surface area contributed by atoms with Gasteiger partial charge in [0.15, 0.2) is 0 Å². The minimum Gasteiger partial charge on any atom is -0.325 e. The van der Waals surface area contributed by atoms with Gasteiger partial charge in [0, 0.05) is 25.5 Å². The SMILES string of the molecule is Cn1nnnc1SCC(=O)Nc1ccc(Cc2ccc(NC(=O)CSc3nnnn3C)cc2)cc1. The van der Waals surface area contributed by atoms with E-state index in [4.69, 9.17) is 0 Å². The van der Waals surface area contributed by atoms with Gasteiger partial charge in [-0.2, -0.15) is 0 Å². The highest BCUT2D eigenvalue weighted by Crippen LogP contribution is 2.18. The van der Waals surface area contributed by atoms with Crippen LogP contribution in [-0.4, -0.2) is 63.7 Å². The van der Waals surface area contributed by atoms with Crippen molar-refractivity contribution in [2.45, 2.75) is 16.7 Å². The standard InChI is InChI=1S/C21H22N10O2S2/c1-30-20(24-26-28-30)34-12-18(32)22-16-7-3-14(4-8-16)11-15-5-9-17(10-6-15)23-19(33)13-35-21-25-27-29-31(21)2/h3-10H,11-13H2,1-2H3,(H,22,32)(H,23,33). The fraction of sp³-hybridized carbons (Fsp3) is 0.238. The molecule has 0 saturated carbocycles. The Bertz CT molecular complexity index is 1190. The third kappa shape index (κ3) is 7.10. The lowest BCUT2D eigenvalue weighted by Gasteiger charge is -2.08. The molecule has 0 spiro atoms. The average molecular weight is 511 g/mol. The summed E-state index contributed by atoms with van der Waals surface area (Å²) in [5, 5.41) is 29.2. The van der Waals surface area contributed by atoms with Crippen molar-refractivity contribution in [1.82, 2.24) is 40.4 Å². The Morgan fingerprint density at radius 1 is 0.714 bits per heavy atom. The quantitative estimate of drug-likeness (QED) is 0.303. The Morgan fingerprint density at radius 2 is 1.11 bits per heavy atom. The number of benzene rings is 2. The molecule has 0 unspecified atom stereocenters. The molecule has 0 saturated heterocycles. The van der Waals surface area contributed by atoms with Gasteiger partial charge in [-0.05, 0) is 62.7 Å². The number of nitrogens with zero attached hydrogens (tertiary/aromatic N) is 8. The number of aromatic nitrogens is 8. The second-order valence-corrected chi connectivity index (χ2v) is 9.30. The Hall–Kier alpha value is -3.78. The van der Waals surface area contributed by atoms with Crippen LogP contribution in [-0.2, 0) is 30.1 Å². The Balaban J connectivity index is 1.22. The number of amides is 2. The highest BCUT2D eigenvalue weighted by molar-refractivity contribution is 8.00. The van der Waals surface area contributed by atoms with Gasteiger partial charge in [0.05, 0.1) is 11.5 Å². The van der Waals surface area contributed by atoms with Crippen LogP contribution in [0.5, 0.6) is 0 Å². The van der Waals surface area contributed by atoms with Gasteiger partial charge in [0.2, 0.25) is 22.1 Å². The molecule has 2 aromatic heterocycles. The van der Waals surface area contributed by atoms with Gasteiger partial charge in [0.1, 0.15) is 0 Å². The molecule has 2 amide bonds. The van der Waals surface area contributed by atoms with Gasteiger partial charge in [0.25, 0.3) is 0 Å². The number of aryl methyl sites for hydroxylation is 2. The first-order chi connectivity index (χ1) is 17.0. The number of tetrazole rings is 2. The van der Waals surface area contributed by atoms with Crippen LogP contribution in [0.2, 0.25) is 0 Å². The summed E-state index contributed by atoms with van der Waals surface area (Å²) in [6, 6.07) is 15.4. The Labute approximate surface area is 209 Å². The first-order valence-corrected chi connectivity index (χ1v) is 12.4. The monoisotopic (exact) mass is 510 g/mol. The molecule has 4 rings (SSSR count). The van der Waals surface area contributed by atoms with Gasteiger partial charge < -0.3 is 10.6 Å². The van der Waals surface area contributed by atoms with Crippen LogP contribution in [0.3, 0.4) is 0 Å². The zero-order valence-corrected chi connectivity index (χ0v) is 20.6. The smallest absolute Gasteiger partial charge is 0.234 e. The number of hydrogen-bond acceptors (Lipinski definition) is 10. The number of nitrogens with one attached hydrogen (secondary N) is 2. The summed E-state index contributed by atoms with van der Waals surface area (Å²) in [6.07, 6.45) is 0.729. The fourth-order valence-electron chi connectivity index (χ4n) is 2.99. The molecular formula is C21H22N10O2S2. The summed E-state index contributed by atoms with van der Waals surface area (Å²) in [7, 11) is 3.45. The van der Waals surface area contributed by atoms with E-state index in [1.54, 1.807) is 14.1 Å². The van der Waals surface area contributed by atoms with Gasteiger partial charge >= 0.3 is 0 Å². The van der Waals surface area contributed by atoms with Crippen molar-refractivity contribution in [3.63, 3.8) is 0 Å². The van der Waals surface area contributed by atoms with Crippen molar-refractivity contribution >= 4 is 46.7 Å². The van der Waals surface area contributed by atoms with Crippen LogP contribution in [0.1, 0.15) is 11.1 Å². The van der Waals surface area contributed by atoms with Crippen LogP contribution in [0.15, 0.2) is 58.8 Å². The van der Waals surface area contributed by atoms with E-state index in [2.05, 4.69) is 41.7 Å². The normalized spacial score (nSPS) is 10.8. The highest BCUT2D eigenvalue weighted by atomic mass is 32.2. The summed E-state index contributed by atoms with van der Waals surface area (Å²) in [5.41, 5.74) is 3.66. The molecular weight excluding hydrogens is 488 g/mol. The number of carbonyl (C=O) groups is 2. The summed E-state index contributed by atoms with van der Waals surface area (Å²) < 4.78 is 3.04. The molecule has 2 heterocycles. The number of rotatable bonds is 10. The summed E-state index contributed by atoms with van der Waals surface area (Å²) >= 11 is 2.54. The first kappa shape index (κ1) is 24.3. The Kier molecular flexibility index (Phi) is 8.05. The molecule has 2 N–H and O–H groups in total. The molecule has 0 fully saturated rings. The van der Waals surface area contributed by atoms with E-state index < -0.39 is 0 Å². The number of thioether (sulfide) groups is 2. The topological polar surface area (TPSA) is 145 Å². The molecule has 14 heteroatoms. The molecule has 35 heavy (non-hydrogen) atoms. The van der Waals surface area contributed by atoms with E-state index in [0.717, 1.165) is 28.9 Å². The molecule has 0 aliphatic heterocycles. The predicted octanol–water partition coefficient (Wildman–Crippen LogP) is 1.79. The van der Waals surface area contributed by atoms with Crippen molar-refractivity contribution in [2.75, 3.05) is 22.1 Å². The third-order valence-electron chi connectivity index (χ3n) is 4.71. The maximum absolute atomic E-state index is 12.2. The maximum Gasteiger partial charge on any atom is 0.234 e. The number of carbonyl (C=O) groups excluding carboxylic acids is 2. The van der Waals surface area contributed by atoms with Crippen LogP contribution in [0, 0.1) is 0 Å². The third-order valence-corrected chi connectivity index (χ3v) is 6.73.